The van der Waals surface area contributed by atoms with Crippen LogP contribution in [0.2, 0.25) is 0 Å². The van der Waals surface area contributed by atoms with Crippen molar-refractivity contribution in [1.29, 1.82) is 0 Å². The van der Waals surface area contributed by atoms with Crippen molar-refractivity contribution in [3.63, 3.8) is 0 Å². The van der Waals surface area contributed by atoms with E-state index in [1.807, 2.05) is 0 Å². The fraction of sp³-hybridized carbons (Fsp3) is 0.357. The van der Waals surface area contributed by atoms with Crippen LogP contribution in [-0.2, 0) is 0 Å². The summed E-state index contributed by atoms with van der Waals surface area (Å²) in [6, 6.07) is 4.36. The number of nitrogens with one attached hydrogen (secondary N) is 2. The molecule has 0 aliphatic heterocycles. The molecule has 1 aromatic carbocycles. The van der Waals surface area contributed by atoms with Crippen LogP contribution < -0.4 is 10.8 Å². The van der Waals surface area contributed by atoms with Gasteiger partial charge in [0.15, 0.2) is 0 Å². The maximum absolute atomic E-state index is 12.5. The van der Waals surface area contributed by atoms with Gasteiger partial charge in [-0.2, -0.15) is 13.2 Å². The summed E-state index contributed by atoms with van der Waals surface area (Å²) in [5.41, 5.74) is 1.18. The molecule has 0 fully saturated rings. The smallest absolute Gasteiger partial charge is 0.364 e. The van der Waals surface area contributed by atoms with Crippen molar-refractivity contribution in [3.05, 3.63) is 30.0 Å². The van der Waals surface area contributed by atoms with Gasteiger partial charge in [0.25, 0.3) is 5.91 Å². The molecule has 124 valence electrons. The van der Waals surface area contributed by atoms with Crippen LogP contribution in [0.25, 0.3) is 11.0 Å². The first kappa shape index (κ1) is 16.9. The number of benzene rings is 1. The van der Waals surface area contributed by atoms with Gasteiger partial charge in [0.2, 0.25) is 0 Å². The fourth-order valence-electron chi connectivity index (χ4n) is 2.17. The third-order valence-corrected chi connectivity index (χ3v) is 3.01. The SMILES string of the molecule is CC(C)(CC(F)(F)F)Nc1cnc2ccc(C(=O)NO)cc2n1. The number of aromatic nitrogens is 2. The van der Waals surface area contributed by atoms with Gasteiger partial charge in [-0.1, -0.05) is 0 Å². The standard InChI is InChI=1S/C14H15F3N4O2/c1-13(2,7-14(15,16)17)20-11-6-18-9-4-3-8(12(22)21-23)5-10(9)19-11/h3-6,23H,7H2,1-2H3,(H,19,20)(H,21,22). The number of hydrogen-bond acceptors (Lipinski definition) is 5. The molecule has 3 N–H and O–H groups in total. The second-order valence-corrected chi connectivity index (χ2v) is 5.70. The molecule has 0 saturated heterocycles. The summed E-state index contributed by atoms with van der Waals surface area (Å²) in [4.78, 5) is 19.6. The molecular formula is C14H15F3N4O2. The van der Waals surface area contributed by atoms with Gasteiger partial charge in [-0.3, -0.25) is 15.0 Å². The van der Waals surface area contributed by atoms with E-state index < -0.39 is 24.0 Å². The normalized spacial score (nSPS) is 12.3. The molecule has 0 bridgehead atoms. The van der Waals surface area contributed by atoms with Crippen molar-refractivity contribution in [3.8, 4) is 0 Å². The average Bonchev–Trinajstić information content (AvgIpc) is 2.42. The molecule has 9 heteroatoms. The zero-order chi connectivity index (χ0) is 17.3. The predicted molar refractivity (Wildman–Crippen MR) is 77.2 cm³/mol. The summed E-state index contributed by atoms with van der Waals surface area (Å²) in [5, 5.41) is 11.3. The Morgan fingerprint density at radius 2 is 1.96 bits per heavy atom. The molecule has 1 heterocycles. The van der Waals surface area contributed by atoms with Crippen molar-refractivity contribution in [2.45, 2.75) is 32.0 Å². The van der Waals surface area contributed by atoms with Gasteiger partial charge in [-0.15, -0.1) is 0 Å². The largest absolute Gasteiger partial charge is 0.391 e. The highest BCUT2D eigenvalue weighted by Gasteiger charge is 2.36. The molecule has 1 aromatic heterocycles. The van der Waals surface area contributed by atoms with Crippen LogP contribution in [0.3, 0.4) is 0 Å². The highest BCUT2D eigenvalue weighted by atomic mass is 19.4. The number of alkyl halides is 3. The third-order valence-electron chi connectivity index (χ3n) is 3.01. The zero-order valence-corrected chi connectivity index (χ0v) is 12.4. The first-order chi connectivity index (χ1) is 10.6. The lowest BCUT2D eigenvalue weighted by Crippen LogP contribution is -2.36. The quantitative estimate of drug-likeness (QED) is 0.593. The average molecular weight is 328 g/mol. The second kappa shape index (κ2) is 5.99. The molecule has 0 spiro atoms. The van der Waals surface area contributed by atoms with E-state index in [2.05, 4.69) is 15.3 Å². The molecule has 0 saturated carbocycles. The van der Waals surface area contributed by atoms with E-state index in [0.29, 0.717) is 11.0 Å². The lowest BCUT2D eigenvalue weighted by molar-refractivity contribution is -0.142. The summed E-state index contributed by atoms with van der Waals surface area (Å²) in [6.45, 7) is 2.81. The molecule has 23 heavy (non-hydrogen) atoms. The highest BCUT2D eigenvalue weighted by molar-refractivity contribution is 5.96. The van der Waals surface area contributed by atoms with Crippen molar-refractivity contribution in [2.24, 2.45) is 0 Å². The number of hydrogen-bond donors (Lipinski definition) is 3. The van der Waals surface area contributed by atoms with E-state index in [9.17, 15) is 18.0 Å². The first-order valence-corrected chi connectivity index (χ1v) is 6.66. The van der Waals surface area contributed by atoms with E-state index in [0.717, 1.165) is 0 Å². The van der Waals surface area contributed by atoms with Crippen LogP contribution in [0, 0.1) is 0 Å². The van der Waals surface area contributed by atoms with Gasteiger partial charge in [0.1, 0.15) is 5.82 Å². The maximum Gasteiger partial charge on any atom is 0.391 e. The Balaban J connectivity index is 2.30. The molecule has 6 nitrogen and oxygen atoms in total. The van der Waals surface area contributed by atoms with Crippen LogP contribution in [0.4, 0.5) is 19.0 Å². The third kappa shape index (κ3) is 4.52. The monoisotopic (exact) mass is 328 g/mol. The zero-order valence-electron chi connectivity index (χ0n) is 12.4. The molecule has 2 aromatic rings. The minimum atomic E-state index is -4.31. The van der Waals surface area contributed by atoms with Gasteiger partial charge in [0.05, 0.1) is 23.7 Å². The molecule has 0 aliphatic carbocycles. The molecule has 0 radical (unpaired) electrons. The van der Waals surface area contributed by atoms with Crippen LogP contribution in [0.5, 0.6) is 0 Å². The van der Waals surface area contributed by atoms with Crippen molar-refractivity contribution >= 4 is 22.8 Å². The number of halogens is 3. The lowest BCUT2D eigenvalue weighted by atomic mass is 10.0. The summed E-state index contributed by atoms with van der Waals surface area (Å²) in [5.74, 6) is -0.558. The Hall–Kier alpha value is -2.42. The van der Waals surface area contributed by atoms with Gasteiger partial charge in [-0.05, 0) is 32.0 Å². The topological polar surface area (TPSA) is 87.1 Å². The molecule has 0 aliphatic rings. The predicted octanol–water partition coefficient (Wildman–Crippen LogP) is 2.89. The Bertz CT molecular complexity index is 732. The Labute approximate surface area is 129 Å². The number of carbonyl (C=O) groups excluding carboxylic acids is 1. The summed E-state index contributed by atoms with van der Waals surface area (Å²) >= 11 is 0. The molecule has 2 rings (SSSR count). The van der Waals surface area contributed by atoms with E-state index in [-0.39, 0.29) is 11.4 Å². The number of fused-ring (bicyclic) bond motifs is 1. The molecule has 0 atom stereocenters. The van der Waals surface area contributed by atoms with Crippen molar-refractivity contribution < 1.29 is 23.2 Å². The van der Waals surface area contributed by atoms with Gasteiger partial charge < -0.3 is 5.32 Å². The Kier molecular flexibility index (Phi) is 4.42. The Morgan fingerprint density at radius 3 is 2.57 bits per heavy atom. The number of anilines is 1. The van der Waals surface area contributed by atoms with Crippen LogP contribution in [0.1, 0.15) is 30.6 Å². The minimum Gasteiger partial charge on any atom is -0.364 e. The fourth-order valence-corrected chi connectivity index (χ4v) is 2.17. The van der Waals surface area contributed by atoms with E-state index in [1.165, 1.54) is 43.7 Å². The van der Waals surface area contributed by atoms with Crippen molar-refractivity contribution in [1.82, 2.24) is 15.4 Å². The second-order valence-electron chi connectivity index (χ2n) is 5.70. The van der Waals surface area contributed by atoms with E-state index >= 15 is 0 Å². The first-order valence-electron chi connectivity index (χ1n) is 6.66. The van der Waals surface area contributed by atoms with Crippen LogP contribution >= 0.6 is 0 Å². The van der Waals surface area contributed by atoms with Gasteiger partial charge in [-0.25, -0.2) is 10.5 Å². The summed E-state index contributed by atoms with van der Waals surface area (Å²) < 4.78 is 37.6. The van der Waals surface area contributed by atoms with Crippen LogP contribution in [0.15, 0.2) is 24.4 Å². The van der Waals surface area contributed by atoms with Crippen molar-refractivity contribution in [2.75, 3.05) is 5.32 Å². The summed E-state index contributed by atoms with van der Waals surface area (Å²) in [7, 11) is 0. The maximum atomic E-state index is 12.5. The number of rotatable bonds is 4. The number of amides is 1. The van der Waals surface area contributed by atoms with E-state index in [1.54, 1.807) is 0 Å². The highest BCUT2D eigenvalue weighted by Crippen LogP contribution is 2.29. The van der Waals surface area contributed by atoms with Gasteiger partial charge in [0, 0.05) is 11.1 Å². The molecular weight excluding hydrogens is 313 g/mol. The molecule has 1 amide bonds. The van der Waals surface area contributed by atoms with Gasteiger partial charge >= 0.3 is 6.18 Å². The number of carbonyl (C=O) groups is 1. The lowest BCUT2D eigenvalue weighted by Gasteiger charge is -2.27. The number of hydroxylamine groups is 1. The summed E-state index contributed by atoms with van der Waals surface area (Å²) in [6.07, 6.45) is -4.02. The van der Waals surface area contributed by atoms with Crippen LogP contribution in [-0.4, -0.2) is 32.8 Å². The minimum absolute atomic E-state index is 0.154. The van der Waals surface area contributed by atoms with E-state index in [4.69, 9.17) is 5.21 Å². The number of nitrogens with zero attached hydrogens (tertiary/aromatic N) is 2. The molecule has 0 unspecified atom stereocenters. The Morgan fingerprint density at radius 1 is 1.26 bits per heavy atom.